The number of nitrogens with zero attached hydrogens (tertiary/aromatic N) is 4. The van der Waals surface area contributed by atoms with E-state index in [1.165, 1.54) is 0 Å². The number of fused-ring (bicyclic) bond motifs is 1. The highest BCUT2D eigenvalue weighted by molar-refractivity contribution is 7.89. The van der Waals surface area contributed by atoms with Crippen molar-refractivity contribution in [2.75, 3.05) is 26.0 Å². The third-order valence-corrected chi connectivity index (χ3v) is 5.97. The summed E-state index contributed by atoms with van der Waals surface area (Å²) in [6.45, 7) is 4.34. The Labute approximate surface area is 154 Å². The van der Waals surface area contributed by atoms with Crippen LogP contribution < -0.4 is 9.46 Å². The standard InChI is InChI=1S/C17H25N5O3S/c1-3-26(23,24)20-10-7-16-13-21(12-15-6-9-19-22(15)16)11-14-5-4-8-18-17(14)25-2/h4-6,8-9,16,20H,3,7,10-13H2,1-2H3/t16-/m1/s1. The molecule has 2 aromatic heterocycles. The zero-order valence-electron chi connectivity index (χ0n) is 15.1. The molecule has 0 saturated carbocycles. The van der Waals surface area contributed by atoms with E-state index >= 15 is 0 Å². The summed E-state index contributed by atoms with van der Waals surface area (Å²) in [5.74, 6) is 0.733. The van der Waals surface area contributed by atoms with Gasteiger partial charge in [-0.15, -0.1) is 0 Å². The van der Waals surface area contributed by atoms with Gasteiger partial charge in [0.15, 0.2) is 0 Å². The molecule has 9 heteroatoms. The molecule has 1 aliphatic heterocycles. The van der Waals surface area contributed by atoms with Crippen molar-refractivity contribution in [1.82, 2.24) is 24.4 Å². The van der Waals surface area contributed by atoms with Crippen LogP contribution in [0.15, 0.2) is 30.6 Å². The van der Waals surface area contributed by atoms with E-state index in [0.29, 0.717) is 18.8 Å². The Morgan fingerprint density at radius 1 is 1.35 bits per heavy atom. The molecule has 0 unspecified atom stereocenters. The summed E-state index contributed by atoms with van der Waals surface area (Å²) >= 11 is 0. The highest BCUT2D eigenvalue weighted by atomic mass is 32.2. The van der Waals surface area contributed by atoms with Crippen molar-refractivity contribution in [3.8, 4) is 5.88 Å². The van der Waals surface area contributed by atoms with Crippen molar-refractivity contribution < 1.29 is 13.2 Å². The molecule has 1 aliphatic rings. The number of rotatable bonds is 8. The molecule has 0 bridgehead atoms. The van der Waals surface area contributed by atoms with Crippen LogP contribution in [0, 0.1) is 0 Å². The van der Waals surface area contributed by atoms with Crippen LogP contribution in [-0.2, 0) is 23.1 Å². The number of pyridine rings is 1. The maximum absolute atomic E-state index is 11.6. The number of hydrogen-bond acceptors (Lipinski definition) is 6. The molecule has 0 aliphatic carbocycles. The lowest BCUT2D eigenvalue weighted by atomic mass is 10.1. The van der Waals surface area contributed by atoms with Gasteiger partial charge in [-0.1, -0.05) is 6.07 Å². The fourth-order valence-electron chi connectivity index (χ4n) is 3.25. The van der Waals surface area contributed by atoms with E-state index < -0.39 is 10.0 Å². The second-order valence-electron chi connectivity index (χ2n) is 6.35. The first-order chi connectivity index (χ1) is 12.5. The van der Waals surface area contributed by atoms with Gasteiger partial charge in [-0.3, -0.25) is 9.58 Å². The number of sulfonamides is 1. The van der Waals surface area contributed by atoms with Crippen LogP contribution in [0.25, 0.3) is 0 Å². The predicted molar refractivity (Wildman–Crippen MR) is 98.2 cm³/mol. The third-order valence-electron chi connectivity index (χ3n) is 4.57. The zero-order valence-corrected chi connectivity index (χ0v) is 15.9. The van der Waals surface area contributed by atoms with Crippen LogP contribution in [0.2, 0.25) is 0 Å². The second-order valence-corrected chi connectivity index (χ2v) is 8.44. The molecule has 2 aromatic rings. The summed E-state index contributed by atoms with van der Waals surface area (Å²) in [6, 6.07) is 6.05. The summed E-state index contributed by atoms with van der Waals surface area (Å²) < 4.78 is 33.3. The molecular formula is C17H25N5O3S. The van der Waals surface area contributed by atoms with Gasteiger partial charge in [0, 0.05) is 44.1 Å². The van der Waals surface area contributed by atoms with Gasteiger partial charge in [-0.2, -0.15) is 5.10 Å². The highest BCUT2D eigenvalue weighted by Gasteiger charge is 2.26. The van der Waals surface area contributed by atoms with Gasteiger partial charge in [-0.25, -0.2) is 18.1 Å². The van der Waals surface area contributed by atoms with Crippen LogP contribution >= 0.6 is 0 Å². The van der Waals surface area contributed by atoms with Crippen LogP contribution in [0.4, 0.5) is 0 Å². The van der Waals surface area contributed by atoms with Crippen molar-refractivity contribution in [3.63, 3.8) is 0 Å². The fraction of sp³-hybridized carbons (Fsp3) is 0.529. The Morgan fingerprint density at radius 3 is 2.96 bits per heavy atom. The van der Waals surface area contributed by atoms with Crippen molar-refractivity contribution in [2.45, 2.75) is 32.5 Å². The lowest BCUT2D eigenvalue weighted by molar-refractivity contribution is 0.160. The van der Waals surface area contributed by atoms with E-state index in [9.17, 15) is 8.42 Å². The molecular weight excluding hydrogens is 354 g/mol. The summed E-state index contributed by atoms with van der Waals surface area (Å²) in [7, 11) is -1.55. The van der Waals surface area contributed by atoms with E-state index in [0.717, 1.165) is 30.9 Å². The zero-order chi connectivity index (χ0) is 18.6. The first-order valence-corrected chi connectivity index (χ1v) is 10.4. The van der Waals surface area contributed by atoms with Crippen LogP contribution in [0.3, 0.4) is 0 Å². The minimum Gasteiger partial charge on any atom is -0.481 e. The minimum absolute atomic E-state index is 0.0949. The van der Waals surface area contributed by atoms with Crippen LogP contribution in [-0.4, -0.2) is 54.0 Å². The van der Waals surface area contributed by atoms with Gasteiger partial charge < -0.3 is 4.74 Å². The molecule has 1 N–H and O–H groups in total. The lowest BCUT2D eigenvalue weighted by Gasteiger charge is -2.34. The van der Waals surface area contributed by atoms with E-state index in [2.05, 4.69) is 19.7 Å². The Balaban J connectivity index is 1.69. The number of methoxy groups -OCH3 is 1. The first kappa shape index (κ1) is 18.8. The Hall–Kier alpha value is -1.97. The third kappa shape index (κ3) is 4.40. The molecule has 3 rings (SSSR count). The fourth-order valence-corrected chi connectivity index (χ4v) is 3.88. The largest absolute Gasteiger partial charge is 0.481 e. The number of ether oxygens (including phenoxy) is 1. The molecule has 142 valence electrons. The van der Waals surface area contributed by atoms with Crippen molar-refractivity contribution in [2.24, 2.45) is 0 Å². The number of nitrogens with one attached hydrogen (secondary N) is 1. The van der Waals surface area contributed by atoms with Gasteiger partial charge >= 0.3 is 0 Å². The minimum atomic E-state index is -3.17. The number of hydrogen-bond donors (Lipinski definition) is 1. The van der Waals surface area contributed by atoms with Gasteiger partial charge in [0.2, 0.25) is 15.9 Å². The molecule has 0 amide bonds. The molecule has 0 saturated heterocycles. The molecule has 1 atom stereocenters. The Kier molecular flexibility index (Phi) is 5.90. The van der Waals surface area contributed by atoms with Crippen LogP contribution in [0.1, 0.15) is 30.6 Å². The molecule has 3 heterocycles. The van der Waals surface area contributed by atoms with Gasteiger partial charge in [0.1, 0.15) is 0 Å². The molecule has 0 radical (unpaired) electrons. The summed E-state index contributed by atoms with van der Waals surface area (Å²) in [4.78, 5) is 6.57. The van der Waals surface area contributed by atoms with E-state index in [4.69, 9.17) is 4.74 Å². The second kappa shape index (κ2) is 8.15. The monoisotopic (exact) mass is 379 g/mol. The molecule has 26 heavy (non-hydrogen) atoms. The maximum atomic E-state index is 11.6. The molecule has 0 spiro atoms. The highest BCUT2D eigenvalue weighted by Crippen LogP contribution is 2.25. The molecule has 0 fully saturated rings. The van der Waals surface area contributed by atoms with Crippen molar-refractivity contribution in [3.05, 3.63) is 41.9 Å². The topological polar surface area (TPSA) is 89.3 Å². The Bertz CT molecular complexity index is 836. The predicted octanol–water partition coefficient (Wildman–Crippen LogP) is 1.17. The van der Waals surface area contributed by atoms with Crippen molar-refractivity contribution >= 4 is 10.0 Å². The van der Waals surface area contributed by atoms with E-state index in [1.807, 2.05) is 22.9 Å². The number of aromatic nitrogens is 3. The lowest BCUT2D eigenvalue weighted by Crippen LogP contribution is -2.39. The van der Waals surface area contributed by atoms with Crippen LogP contribution in [0.5, 0.6) is 5.88 Å². The maximum Gasteiger partial charge on any atom is 0.217 e. The van der Waals surface area contributed by atoms with E-state index in [-0.39, 0.29) is 11.8 Å². The van der Waals surface area contributed by atoms with Gasteiger partial charge in [0.25, 0.3) is 0 Å². The average molecular weight is 379 g/mol. The average Bonchev–Trinajstić information content (AvgIpc) is 3.11. The summed E-state index contributed by atoms with van der Waals surface area (Å²) in [5, 5.41) is 4.42. The normalized spacial score (nSPS) is 17.8. The van der Waals surface area contributed by atoms with Crippen molar-refractivity contribution in [1.29, 1.82) is 0 Å². The Morgan fingerprint density at radius 2 is 2.19 bits per heavy atom. The molecule has 0 aromatic carbocycles. The summed E-state index contributed by atoms with van der Waals surface area (Å²) in [6.07, 6.45) is 4.21. The van der Waals surface area contributed by atoms with E-state index in [1.54, 1.807) is 26.4 Å². The first-order valence-electron chi connectivity index (χ1n) is 8.72. The quantitative estimate of drug-likeness (QED) is 0.741. The molecule has 8 nitrogen and oxygen atoms in total. The smallest absolute Gasteiger partial charge is 0.217 e. The summed E-state index contributed by atoms with van der Waals surface area (Å²) in [5.41, 5.74) is 2.16. The SMILES string of the molecule is CCS(=O)(=O)NCC[C@@H]1CN(Cc2cccnc2OC)Cc2ccnn21. The van der Waals surface area contributed by atoms with Gasteiger partial charge in [0.05, 0.1) is 24.6 Å². The van der Waals surface area contributed by atoms with Gasteiger partial charge in [-0.05, 0) is 25.5 Å².